The standard InChI is InChI=1S/C24H30O5/c1-16(8-6-9-17(2)19(25)13-14-23(4,5)27)12-15-24(28)22(26)21-18(3)10-7-11-20(21)29-24/h7,9-14,27-28H,6,8,15H2,1-5H3. The third-order valence-electron chi connectivity index (χ3n) is 4.84. The smallest absolute Gasteiger partial charge is 0.276 e. The minimum Gasteiger partial charge on any atom is -0.453 e. The number of Topliss-reactive ketones (excluding diaryl/α,β-unsaturated/α-hetero) is 1. The van der Waals surface area contributed by atoms with E-state index in [1.54, 1.807) is 39.0 Å². The zero-order valence-corrected chi connectivity index (χ0v) is 17.8. The lowest BCUT2D eigenvalue weighted by atomic mass is 9.98. The summed E-state index contributed by atoms with van der Waals surface area (Å²) in [6.07, 6.45) is 7.92. The Hall–Kier alpha value is -2.50. The average Bonchev–Trinajstić information content (AvgIpc) is 2.89. The highest BCUT2D eigenvalue weighted by molar-refractivity contribution is 6.07. The summed E-state index contributed by atoms with van der Waals surface area (Å²) in [5.41, 5.74) is 1.81. The van der Waals surface area contributed by atoms with E-state index in [0.29, 0.717) is 29.7 Å². The highest BCUT2D eigenvalue weighted by atomic mass is 16.6. The van der Waals surface area contributed by atoms with Gasteiger partial charge in [-0.15, -0.1) is 0 Å². The molecule has 0 saturated carbocycles. The van der Waals surface area contributed by atoms with Crippen LogP contribution in [0.3, 0.4) is 0 Å². The molecule has 1 atom stereocenters. The number of rotatable bonds is 8. The number of hydrogen-bond acceptors (Lipinski definition) is 5. The fourth-order valence-corrected chi connectivity index (χ4v) is 3.02. The molecule has 2 N–H and O–H groups in total. The maximum atomic E-state index is 12.6. The predicted molar refractivity (Wildman–Crippen MR) is 113 cm³/mol. The Morgan fingerprint density at radius 1 is 1.24 bits per heavy atom. The van der Waals surface area contributed by atoms with Crippen molar-refractivity contribution in [3.63, 3.8) is 0 Å². The second-order valence-corrected chi connectivity index (χ2v) is 8.20. The first-order valence-corrected chi connectivity index (χ1v) is 9.77. The van der Waals surface area contributed by atoms with E-state index in [4.69, 9.17) is 4.74 Å². The quantitative estimate of drug-likeness (QED) is 0.506. The third-order valence-corrected chi connectivity index (χ3v) is 4.84. The van der Waals surface area contributed by atoms with Crippen LogP contribution in [0.5, 0.6) is 5.75 Å². The van der Waals surface area contributed by atoms with E-state index < -0.39 is 17.2 Å². The van der Waals surface area contributed by atoms with Crippen LogP contribution in [0.1, 0.15) is 62.9 Å². The van der Waals surface area contributed by atoms with Gasteiger partial charge in [0.05, 0.1) is 11.2 Å². The van der Waals surface area contributed by atoms with Crippen LogP contribution in [-0.4, -0.2) is 33.2 Å². The van der Waals surface area contributed by atoms with E-state index in [-0.39, 0.29) is 12.2 Å². The van der Waals surface area contributed by atoms with Crippen LogP contribution in [0.4, 0.5) is 0 Å². The molecule has 156 valence electrons. The van der Waals surface area contributed by atoms with Crippen LogP contribution in [0.2, 0.25) is 0 Å². The molecule has 0 aromatic heterocycles. The number of carbonyl (C=O) groups is 2. The van der Waals surface area contributed by atoms with E-state index in [1.165, 1.54) is 12.2 Å². The Morgan fingerprint density at radius 2 is 1.93 bits per heavy atom. The Labute approximate surface area is 172 Å². The minimum atomic E-state index is -1.86. The number of ether oxygens (including phenoxy) is 1. The van der Waals surface area contributed by atoms with Gasteiger partial charge in [-0.2, -0.15) is 0 Å². The van der Waals surface area contributed by atoms with Crippen molar-refractivity contribution in [3.8, 4) is 5.75 Å². The van der Waals surface area contributed by atoms with Gasteiger partial charge < -0.3 is 14.9 Å². The summed E-state index contributed by atoms with van der Waals surface area (Å²) < 4.78 is 5.54. The van der Waals surface area contributed by atoms with Crippen molar-refractivity contribution >= 4 is 11.6 Å². The summed E-state index contributed by atoms with van der Waals surface area (Å²) in [6.45, 7) is 8.69. The summed E-state index contributed by atoms with van der Waals surface area (Å²) >= 11 is 0. The van der Waals surface area contributed by atoms with Crippen LogP contribution < -0.4 is 4.74 Å². The molecular formula is C24H30O5. The van der Waals surface area contributed by atoms with Crippen molar-refractivity contribution < 1.29 is 24.5 Å². The van der Waals surface area contributed by atoms with Crippen LogP contribution in [-0.2, 0) is 4.79 Å². The number of benzene rings is 1. The molecule has 5 heteroatoms. The van der Waals surface area contributed by atoms with E-state index >= 15 is 0 Å². The number of allylic oxidation sites excluding steroid dienone is 4. The van der Waals surface area contributed by atoms with Crippen molar-refractivity contribution in [2.75, 3.05) is 0 Å². The van der Waals surface area contributed by atoms with Crippen LogP contribution in [0.25, 0.3) is 0 Å². The van der Waals surface area contributed by atoms with Gasteiger partial charge in [0.15, 0.2) is 5.78 Å². The first-order valence-electron chi connectivity index (χ1n) is 9.77. The van der Waals surface area contributed by atoms with Gasteiger partial charge in [0.2, 0.25) is 5.78 Å². The summed E-state index contributed by atoms with van der Waals surface area (Å²) in [6, 6.07) is 5.30. The molecule has 0 radical (unpaired) electrons. The molecule has 2 rings (SSSR count). The second kappa shape index (κ2) is 8.89. The maximum Gasteiger partial charge on any atom is 0.276 e. The summed E-state index contributed by atoms with van der Waals surface area (Å²) in [5.74, 6) is -1.99. The molecule has 5 nitrogen and oxygen atoms in total. The first kappa shape index (κ1) is 22.8. The minimum absolute atomic E-state index is 0.0712. The normalized spacial score (nSPS) is 20.2. The van der Waals surface area contributed by atoms with E-state index in [2.05, 4.69) is 0 Å². The van der Waals surface area contributed by atoms with Crippen LogP contribution >= 0.6 is 0 Å². The molecule has 0 amide bonds. The van der Waals surface area contributed by atoms with Gasteiger partial charge in [-0.1, -0.05) is 29.9 Å². The molecule has 1 aromatic carbocycles. The van der Waals surface area contributed by atoms with E-state index in [1.807, 2.05) is 26.0 Å². The van der Waals surface area contributed by atoms with Crippen molar-refractivity contribution in [1.29, 1.82) is 0 Å². The van der Waals surface area contributed by atoms with Gasteiger partial charge in [-0.3, -0.25) is 9.59 Å². The zero-order chi connectivity index (χ0) is 21.8. The highest BCUT2D eigenvalue weighted by Crippen LogP contribution is 2.37. The van der Waals surface area contributed by atoms with Gasteiger partial charge >= 0.3 is 0 Å². The third kappa shape index (κ3) is 5.99. The molecular weight excluding hydrogens is 368 g/mol. The maximum absolute atomic E-state index is 12.6. The van der Waals surface area contributed by atoms with Gasteiger partial charge in [-0.05, 0) is 76.8 Å². The number of hydrogen-bond donors (Lipinski definition) is 2. The second-order valence-electron chi connectivity index (χ2n) is 8.20. The largest absolute Gasteiger partial charge is 0.453 e. The average molecular weight is 398 g/mol. The molecule has 1 aliphatic heterocycles. The first-order chi connectivity index (χ1) is 13.4. The number of carbonyl (C=O) groups excluding carboxylic acids is 2. The number of aliphatic hydroxyl groups is 2. The van der Waals surface area contributed by atoms with Crippen molar-refractivity contribution in [3.05, 3.63) is 64.8 Å². The molecule has 0 spiro atoms. The molecule has 29 heavy (non-hydrogen) atoms. The lowest BCUT2D eigenvalue weighted by molar-refractivity contribution is -0.111. The molecule has 0 saturated heterocycles. The summed E-state index contributed by atoms with van der Waals surface area (Å²) in [4.78, 5) is 24.6. The Kier molecular flexibility index (Phi) is 6.98. The van der Waals surface area contributed by atoms with Crippen LogP contribution in [0.15, 0.2) is 53.6 Å². The van der Waals surface area contributed by atoms with E-state index in [9.17, 15) is 19.8 Å². The van der Waals surface area contributed by atoms with Crippen molar-refractivity contribution in [2.24, 2.45) is 0 Å². The van der Waals surface area contributed by atoms with Gasteiger partial charge in [0.25, 0.3) is 5.79 Å². The monoisotopic (exact) mass is 398 g/mol. The fraction of sp³-hybridized carbons (Fsp3) is 0.417. The van der Waals surface area contributed by atoms with Crippen LogP contribution in [0, 0.1) is 6.92 Å². The lowest BCUT2D eigenvalue weighted by Gasteiger charge is -2.19. The van der Waals surface area contributed by atoms with E-state index in [0.717, 1.165) is 11.1 Å². The molecule has 0 fully saturated rings. The van der Waals surface area contributed by atoms with Crippen molar-refractivity contribution in [1.82, 2.24) is 0 Å². The Bertz CT molecular complexity index is 883. The molecule has 1 aliphatic rings. The van der Waals surface area contributed by atoms with Gasteiger partial charge in [0, 0.05) is 6.42 Å². The predicted octanol–water partition coefficient (Wildman–Crippen LogP) is 4.22. The zero-order valence-electron chi connectivity index (χ0n) is 17.8. The number of fused-ring (bicyclic) bond motifs is 1. The number of ketones is 2. The fourth-order valence-electron chi connectivity index (χ4n) is 3.02. The Balaban J connectivity index is 1.93. The van der Waals surface area contributed by atoms with Crippen molar-refractivity contribution in [2.45, 2.75) is 65.3 Å². The molecule has 0 bridgehead atoms. The molecule has 1 aromatic rings. The van der Waals surface area contributed by atoms with Gasteiger partial charge in [-0.25, -0.2) is 0 Å². The lowest BCUT2D eigenvalue weighted by Crippen LogP contribution is -2.39. The molecule has 1 heterocycles. The molecule has 0 aliphatic carbocycles. The SMILES string of the molecule is CC(=CCC1(O)Oc2cccc(C)c2C1=O)CCC=C(C)C(=O)C=CC(C)(C)O. The topological polar surface area (TPSA) is 83.8 Å². The summed E-state index contributed by atoms with van der Waals surface area (Å²) in [5, 5.41) is 20.3. The molecule has 1 unspecified atom stereocenters. The Morgan fingerprint density at radius 3 is 2.55 bits per heavy atom. The van der Waals surface area contributed by atoms with Gasteiger partial charge in [0.1, 0.15) is 5.75 Å². The number of aryl methyl sites for hydroxylation is 1. The highest BCUT2D eigenvalue weighted by Gasteiger charge is 2.46. The summed E-state index contributed by atoms with van der Waals surface area (Å²) in [7, 11) is 0.